The Bertz CT molecular complexity index is 952. The van der Waals surface area contributed by atoms with E-state index in [0.717, 1.165) is 4.70 Å². The van der Waals surface area contributed by atoms with Crippen LogP contribution in [0.4, 0.5) is 15.2 Å². The van der Waals surface area contributed by atoms with Gasteiger partial charge in [0.2, 0.25) is 5.91 Å². The molecular weight excluding hydrogens is 341 g/mol. The van der Waals surface area contributed by atoms with Crippen molar-refractivity contribution in [3.05, 3.63) is 53.8 Å². The lowest BCUT2D eigenvalue weighted by Crippen LogP contribution is -2.17. The van der Waals surface area contributed by atoms with Crippen LogP contribution >= 0.6 is 11.3 Å². The maximum Gasteiger partial charge on any atom is 0.258 e. The molecule has 0 bridgehead atoms. The van der Waals surface area contributed by atoms with Crippen LogP contribution in [0.5, 0.6) is 0 Å². The summed E-state index contributed by atoms with van der Waals surface area (Å²) in [5.41, 5.74) is 1.13. The topological polar surface area (TPSA) is 71.1 Å². The molecular formula is C18H16FN3O2S. The van der Waals surface area contributed by atoms with E-state index in [0.29, 0.717) is 16.3 Å². The van der Waals surface area contributed by atoms with Crippen LogP contribution in [0.15, 0.2) is 42.5 Å². The highest BCUT2D eigenvalue weighted by Crippen LogP contribution is 2.28. The fourth-order valence-electron chi connectivity index (χ4n) is 2.15. The number of aromatic nitrogens is 1. The molecule has 0 unspecified atom stereocenters. The molecule has 0 saturated carbocycles. The van der Waals surface area contributed by atoms with E-state index in [9.17, 15) is 14.0 Å². The number of benzene rings is 2. The van der Waals surface area contributed by atoms with Gasteiger partial charge in [-0.2, -0.15) is 0 Å². The predicted molar refractivity (Wildman–Crippen MR) is 97.4 cm³/mol. The van der Waals surface area contributed by atoms with Crippen molar-refractivity contribution in [3.8, 4) is 0 Å². The van der Waals surface area contributed by atoms with Gasteiger partial charge in [0.1, 0.15) is 5.82 Å². The number of fused-ring (bicyclic) bond motifs is 1. The minimum Gasteiger partial charge on any atom is -0.322 e. The second-order valence-corrected chi connectivity index (χ2v) is 6.81. The monoisotopic (exact) mass is 357 g/mol. The van der Waals surface area contributed by atoms with Gasteiger partial charge < -0.3 is 10.6 Å². The Morgan fingerprint density at radius 2 is 1.88 bits per heavy atom. The molecule has 2 amide bonds. The summed E-state index contributed by atoms with van der Waals surface area (Å²) in [6.45, 7) is 3.61. The van der Waals surface area contributed by atoms with Crippen molar-refractivity contribution in [2.75, 3.05) is 10.6 Å². The summed E-state index contributed by atoms with van der Waals surface area (Å²) in [7, 11) is 0. The Hall–Kier alpha value is -2.80. The largest absolute Gasteiger partial charge is 0.322 e. The van der Waals surface area contributed by atoms with Crippen molar-refractivity contribution in [2.24, 2.45) is 5.92 Å². The molecule has 2 aromatic carbocycles. The summed E-state index contributed by atoms with van der Waals surface area (Å²) < 4.78 is 14.6. The third-order valence-corrected chi connectivity index (χ3v) is 4.47. The van der Waals surface area contributed by atoms with Gasteiger partial charge in [-0.1, -0.05) is 37.3 Å². The van der Waals surface area contributed by atoms with E-state index in [-0.39, 0.29) is 17.4 Å². The first-order valence-corrected chi connectivity index (χ1v) is 8.53. The van der Waals surface area contributed by atoms with Crippen molar-refractivity contribution in [2.45, 2.75) is 13.8 Å². The van der Waals surface area contributed by atoms with Crippen molar-refractivity contribution < 1.29 is 14.0 Å². The molecule has 3 aromatic rings. The number of nitrogens with zero attached hydrogens (tertiary/aromatic N) is 1. The molecule has 25 heavy (non-hydrogen) atoms. The van der Waals surface area contributed by atoms with Gasteiger partial charge >= 0.3 is 0 Å². The lowest BCUT2D eigenvalue weighted by molar-refractivity contribution is -0.118. The molecule has 0 atom stereocenters. The summed E-state index contributed by atoms with van der Waals surface area (Å²) in [6, 6.07) is 11.0. The quantitative estimate of drug-likeness (QED) is 0.732. The number of hydrogen-bond acceptors (Lipinski definition) is 4. The number of halogens is 1. The zero-order valence-electron chi connectivity index (χ0n) is 13.7. The fraction of sp³-hybridized carbons (Fsp3) is 0.167. The second-order valence-electron chi connectivity index (χ2n) is 5.78. The fourth-order valence-corrected chi connectivity index (χ4v) is 3.00. The number of anilines is 2. The van der Waals surface area contributed by atoms with Crippen molar-refractivity contribution in [1.29, 1.82) is 0 Å². The number of nitrogens with one attached hydrogen (secondary N) is 2. The normalized spacial score (nSPS) is 10.9. The molecule has 1 aromatic heterocycles. The molecule has 1 heterocycles. The van der Waals surface area contributed by atoms with E-state index in [1.54, 1.807) is 38.1 Å². The van der Waals surface area contributed by atoms with Gasteiger partial charge in [0, 0.05) is 11.6 Å². The highest BCUT2D eigenvalue weighted by Gasteiger charge is 2.13. The Morgan fingerprint density at radius 1 is 1.12 bits per heavy atom. The molecule has 7 heteroatoms. The van der Waals surface area contributed by atoms with Gasteiger partial charge in [-0.3, -0.25) is 9.59 Å². The van der Waals surface area contributed by atoms with E-state index in [1.165, 1.54) is 29.5 Å². The van der Waals surface area contributed by atoms with Gasteiger partial charge in [0.15, 0.2) is 5.13 Å². The SMILES string of the molecule is CC(C)C(=O)Nc1nc2cc(NC(=O)c3ccccc3F)ccc2s1. The average molecular weight is 357 g/mol. The summed E-state index contributed by atoms with van der Waals surface area (Å²) >= 11 is 1.35. The van der Waals surface area contributed by atoms with Gasteiger partial charge in [-0.25, -0.2) is 9.37 Å². The number of thiazole rings is 1. The van der Waals surface area contributed by atoms with E-state index in [2.05, 4.69) is 15.6 Å². The number of carbonyl (C=O) groups is 2. The van der Waals surface area contributed by atoms with Crippen LogP contribution in [0, 0.1) is 11.7 Å². The van der Waals surface area contributed by atoms with Gasteiger partial charge in [0.25, 0.3) is 5.91 Å². The minimum absolute atomic E-state index is 0.0224. The molecule has 128 valence electrons. The molecule has 0 saturated heterocycles. The summed E-state index contributed by atoms with van der Waals surface area (Å²) in [6.07, 6.45) is 0. The van der Waals surface area contributed by atoms with E-state index in [4.69, 9.17) is 0 Å². The number of rotatable bonds is 4. The first-order chi connectivity index (χ1) is 11.9. The van der Waals surface area contributed by atoms with Crippen LogP contribution in [0.3, 0.4) is 0 Å². The van der Waals surface area contributed by atoms with Crippen LogP contribution in [0.1, 0.15) is 24.2 Å². The van der Waals surface area contributed by atoms with Gasteiger partial charge in [0.05, 0.1) is 15.8 Å². The Balaban J connectivity index is 1.80. The lowest BCUT2D eigenvalue weighted by atomic mass is 10.2. The van der Waals surface area contributed by atoms with Gasteiger partial charge in [-0.15, -0.1) is 0 Å². The summed E-state index contributed by atoms with van der Waals surface area (Å²) in [5, 5.41) is 5.92. The maximum absolute atomic E-state index is 13.7. The predicted octanol–water partition coefficient (Wildman–Crippen LogP) is 4.28. The molecule has 0 spiro atoms. The Morgan fingerprint density at radius 3 is 2.60 bits per heavy atom. The molecule has 0 aliphatic heterocycles. The minimum atomic E-state index is -0.576. The lowest BCUT2D eigenvalue weighted by Gasteiger charge is -2.05. The van der Waals surface area contributed by atoms with E-state index < -0.39 is 11.7 Å². The zero-order valence-corrected chi connectivity index (χ0v) is 14.5. The van der Waals surface area contributed by atoms with Crippen LogP contribution < -0.4 is 10.6 Å². The summed E-state index contributed by atoms with van der Waals surface area (Å²) in [4.78, 5) is 28.3. The van der Waals surface area contributed by atoms with Crippen LogP contribution in [-0.4, -0.2) is 16.8 Å². The zero-order chi connectivity index (χ0) is 18.0. The number of amides is 2. The maximum atomic E-state index is 13.7. The highest BCUT2D eigenvalue weighted by molar-refractivity contribution is 7.22. The third-order valence-electron chi connectivity index (χ3n) is 3.52. The molecule has 0 aliphatic rings. The van der Waals surface area contributed by atoms with E-state index in [1.807, 2.05) is 0 Å². The highest BCUT2D eigenvalue weighted by atomic mass is 32.1. The second kappa shape index (κ2) is 6.98. The van der Waals surface area contributed by atoms with Crippen LogP contribution in [0.25, 0.3) is 10.2 Å². The molecule has 0 fully saturated rings. The standard InChI is InChI=1S/C18H16FN3O2S/c1-10(2)16(23)22-18-21-14-9-11(7-8-15(14)25-18)20-17(24)12-5-3-4-6-13(12)19/h3-10H,1-2H3,(H,20,24)(H,21,22,23). The molecule has 3 rings (SSSR count). The van der Waals surface area contributed by atoms with Crippen LogP contribution in [-0.2, 0) is 4.79 Å². The van der Waals surface area contributed by atoms with E-state index >= 15 is 0 Å². The van der Waals surface area contributed by atoms with Crippen molar-refractivity contribution in [3.63, 3.8) is 0 Å². The first kappa shape index (κ1) is 17.0. The van der Waals surface area contributed by atoms with Gasteiger partial charge in [-0.05, 0) is 30.3 Å². The van der Waals surface area contributed by atoms with Crippen molar-refractivity contribution in [1.82, 2.24) is 4.98 Å². The third kappa shape index (κ3) is 3.83. The first-order valence-electron chi connectivity index (χ1n) is 7.71. The molecule has 0 aliphatic carbocycles. The molecule has 5 nitrogen and oxygen atoms in total. The Labute approximate surface area is 147 Å². The smallest absolute Gasteiger partial charge is 0.258 e. The summed E-state index contributed by atoms with van der Waals surface area (Å²) in [5.74, 6) is -1.34. The Kier molecular flexibility index (Phi) is 4.76. The molecule has 0 radical (unpaired) electrons. The molecule has 2 N–H and O–H groups in total. The number of hydrogen-bond donors (Lipinski definition) is 2. The number of carbonyl (C=O) groups excluding carboxylic acids is 2. The van der Waals surface area contributed by atoms with Crippen LogP contribution in [0.2, 0.25) is 0 Å². The van der Waals surface area contributed by atoms with Crippen molar-refractivity contribution >= 4 is 44.2 Å². The average Bonchev–Trinajstić information content (AvgIpc) is 2.96.